The van der Waals surface area contributed by atoms with Gasteiger partial charge in [0.15, 0.2) is 0 Å². The first-order valence-corrected chi connectivity index (χ1v) is 6.94. The van der Waals surface area contributed by atoms with E-state index in [1.54, 1.807) is 17.9 Å². The molecular formula is C15H19F2NO3. The smallest absolute Gasteiger partial charge is 0.387 e. The Bertz CT molecular complexity index is 502. The molecule has 116 valence electrons. The van der Waals surface area contributed by atoms with E-state index < -0.39 is 12.5 Å². The highest BCUT2D eigenvalue weighted by molar-refractivity contribution is 5.83. The first kappa shape index (κ1) is 15.5. The lowest BCUT2D eigenvalue weighted by Crippen LogP contribution is -2.31. The van der Waals surface area contributed by atoms with Crippen LogP contribution in [0.2, 0.25) is 0 Å². The average Bonchev–Trinajstić information content (AvgIpc) is 2.98. The Balaban J connectivity index is 2.22. The molecule has 1 heterocycles. The van der Waals surface area contributed by atoms with E-state index in [2.05, 4.69) is 4.74 Å². The Kier molecular flexibility index (Phi) is 4.98. The van der Waals surface area contributed by atoms with Crippen LogP contribution in [0.3, 0.4) is 0 Å². The second-order valence-electron chi connectivity index (χ2n) is 5.07. The van der Waals surface area contributed by atoms with Crippen LogP contribution in [-0.2, 0) is 4.79 Å². The minimum atomic E-state index is -2.91. The van der Waals surface area contributed by atoms with Gasteiger partial charge in [-0.2, -0.15) is 8.78 Å². The van der Waals surface area contributed by atoms with Crippen molar-refractivity contribution in [3.8, 4) is 11.5 Å². The Labute approximate surface area is 122 Å². The fraction of sp³-hybridized carbons (Fsp3) is 0.533. The summed E-state index contributed by atoms with van der Waals surface area (Å²) in [5, 5.41) is 0. The van der Waals surface area contributed by atoms with Crippen LogP contribution in [0.25, 0.3) is 0 Å². The van der Waals surface area contributed by atoms with E-state index in [-0.39, 0.29) is 11.7 Å². The van der Waals surface area contributed by atoms with Crippen molar-refractivity contribution in [1.29, 1.82) is 0 Å². The van der Waals surface area contributed by atoms with Gasteiger partial charge >= 0.3 is 6.61 Å². The van der Waals surface area contributed by atoms with Gasteiger partial charge in [0.25, 0.3) is 0 Å². The van der Waals surface area contributed by atoms with E-state index in [0.29, 0.717) is 11.3 Å². The van der Waals surface area contributed by atoms with Crippen molar-refractivity contribution in [3.05, 3.63) is 23.8 Å². The molecule has 6 heteroatoms. The maximum Gasteiger partial charge on any atom is 0.387 e. The van der Waals surface area contributed by atoms with Crippen LogP contribution in [0.15, 0.2) is 18.2 Å². The Morgan fingerprint density at radius 2 is 1.81 bits per heavy atom. The summed E-state index contributed by atoms with van der Waals surface area (Å²) in [6, 6.07) is 4.52. The van der Waals surface area contributed by atoms with Crippen molar-refractivity contribution < 1.29 is 23.0 Å². The molecule has 4 nitrogen and oxygen atoms in total. The highest BCUT2D eigenvalue weighted by Crippen LogP contribution is 2.30. The lowest BCUT2D eigenvalue weighted by atomic mass is 9.99. The largest absolute Gasteiger partial charge is 0.497 e. The molecule has 21 heavy (non-hydrogen) atoms. The average molecular weight is 299 g/mol. The van der Waals surface area contributed by atoms with Crippen LogP contribution in [-0.4, -0.2) is 37.6 Å². The fourth-order valence-corrected chi connectivity index (χ4v) is 2.49. The minimum absolute atomic E-state index is 0.000391. The quantitative estimate of drug-likeness (QED) is 0.839. The maximum absolute atomic E-state index is 12.4. The van der Waals surface area contributed by atoms with Gasteiger partial charge in [0.2, 0.25) is 5.91 Å². The summed E-state index contributed by atoms with van der Waals surface area (Å²) in [6.45, 7) is 0.373. The van der Waals surface area contributed by atoms with Gasteiger partial charge in [-0.05, 0) is 37.5 Å². The van der Waals surface area contributed by atoms with Gasteiger partial charge in [0.1, 0.15) is 11.5 Å². The highest BCUT2D eigenvalue weighted by atomic mass is 19.3. The van der Waals surface area contributed by atoms with Gasteiger partial charge in [-0.15, -0.1) is 0 Å². The second kappa shape index (κ2) is 6.74. The lowest BCUT2D eigenvalue weighted by Gasteiger charge is -2.21. The molecule has 1 amide bonds. The number of nitrogens with zero attached hydrogens (tertiary/aromatic N) is 1. The van der Waals surface area contributed by atoms with Gasteiger partial charge in [-0.25, -0.2) is 0 Å². The predicted octanol–water partition coefficient (Wildman–Crippen LogP) is 3.02. The molecule has 1 aliphatic rings. The van der Waals surface area contributed by atoms with E-state index >= 15 is 0 Å². The Morgan fingerprint density at radius 3 is 2.38 bits per heavy atom. The number of amides is 1. The van der Waals surface area contributed by atoms with Gasteiger partial charge < -0.3 is 14.4 Å². The van der Waals surface area contributed by atoms with Crippen LogP contribution in [0.5, 0.6) is 11.5 Å². The zero-order valence-corrected chi connectivity index (χ0v) is 12.1. The van der Waals surface area contributed by atoms with Gasteiger partial charge in [0.05, 0.1) is 13.0 Å². The van der Waals surface area contributed by atoms with Gasteiger partial charge in [-0.3, -0.25) is 4.79 Å². The second-order valence-corrected chi connectivity index (χ2v) is 5.07. The number of hydrogen-bond donors (Lipinski definition) is 0. The highest BCUT2D eigenvalue weighted by Gasteiger charge is 2.25. The number of halogens is 2. The number of benzene rings is 1. The molecule has 1 saturated heterocycles. The molecule has 0 spiro atoms. The molecule has 0 unspecified atom stereocenters. The van der Waals surface area contributed by atoms with Crippen LogP contribution < -0.4 is 9.47 Å². The molecule has 0 aromatic heterocycles. The minimum Gasteiger partial charge on any atom is -0.497 e. The third kappa shape index (κ3) is 3.83. The monoisotopic (exact) mass is 299 g/mol. The summed E-state index contributed by atoms with van der Waals surface area (Å²) < 4.78 is 34.2. The van der Waals surface area contributed by atoms with E-state index in [1.165, 1.54) is 19.2 Å². The van der Waals surface area contributed by atoms with Crippen molar-refractivity contribution in [2.24, 2.45) is 0 Å². The molecule has 0 radical (unpaired) electrons. The molecule has 1 fully saturated rings. The third-order valence-corrected chi connectivity index (χ3v) is 3.65. The zero-order chi connectivity index (χ0) is 15.4. The number of hydrogen-bond acceptors (Lipinski definition) is 3. The molecule has 1 aliphatic heterocycles. The number of carbonyl (C=O) groups is 1. The number of rotatable bonds is 5. The van der Waals surface area contributed by atoms with Crippen molar-refractivity contribution in [2.45, 2.75) is 32.3 Å². The van der Waals surface area contributed by atoms with E-state index in [0.717, 1.165) is 25.9 Å². The lowest BCUT2D eigenvalue weighted by molar-refractivity contribution is -0.131. The summed E-state index contributed by atoms with van der Waals surface area (Å²) in [5.74, 6) is -0.0217. The number of likely N-dealkylation sites (tertiary alicyclic amines) is 1. The molecule has 0 aliphatic carbocycles. The van der Waals surface area contributed by atoms with Crippen LogP contribution >= 0.6 is 0 Å². The molecule has 0 bridgehead atoms. The zero-order valence-electron chi connectivity index (χ0n) is 12.1. The summed E-state index contributed by atoms with van der Waals surface area (Å²) in [5.41, 5.74) is 0.613. The number of carbonyl (C=O) groups excluding carboxylic acids is 1. The number of ether oxygens (including phenoxy) is 2. The molecule has 0 saturated carbocycles. The van der Waals surface area contributed by atoms with Crippen LogP contribution in [0, 0.1) is 0 Å². The molecule has 0 N–H and O–H groups in total. The molecule has 1 atom stereocenters. The van der Waals surface area contributed by atoms with Crippen LogP contribution in [0.4, 0.5) is 8.78 Å². The topological polar surface area (TPSA) is 38.8 Å². The Morgan fingerprint density at radius 1 is 1.19 bits per heavy atom. The van der Waals surface area contributed by atoms with E-state index in [9.17, 15) is 13.6 Å². The molecule has 2 rings (SSSR count). The van der Waals surface area contributed by atoms with Crippen molar-refractivity contribution in [1.82, 2.24) is 4.90 Å². The number of methoxy groups -OCH3 is 1. The first-order valence-electron chi connectivity index (χ1n) is 6.94. The van der Waals surface area contributed by atoms with Crippen molar-refractivity contribution in [3.63, 3.8) is 0 Å². The summed E-state index contributed by atoms with van der Waals surface area (Å²) in [4.78, 5) is 14.2. The summed E-state index contributed by atoms with van der Waals surface area (Å²) in [7, 11) is 1.44. The maximum atomic E-state index is 12.4. The predicted molar refractivity (Wildman–Crippen MR) is 73.9 cm³/mol. The standard InChI is InChI=1S/C15H19F2NO3/c1-10(14(19)18-5-3-4-6-18)11-7-12(20-2)9-13(8-11)21-15(16)17/h7-10,15H,3-6H2,1-2H3/t10-/m1/s1. The molecule has 1 aromatic carbocycles. The Hall–Kier alpha value is -1.85. The van der Waals surface area contributed by atoms with Gasteiger partial charge in [0, 0.05) is 19.2 Å². The molecular weight excluding hydrogens is 280 g/mol. The molecule has 1 aromatic rings. The number of alkyl halides is 2. The van der Waals surface area contributed by atoms with Crippen molar-refractivity contribution >= 4 is 5.91 Å². The van der Waals surface area contributed by atoms with Crippen LogP contribution in [0.1, 0.15) is 31.2 Å². The SMILES string of the molecule is COc1cc(OC(F)F)cc([C@@H](C)C(=O)N2CCCC2)c1. The third-order valence-electron chi connectivity index (χ3n) is 3.65. The van der Waals surface area contributed by atoms with Gasteiger partial charge in [-0.1, -0.05) is 0 Å². The van der Waals surface area contributed by atoms with E-state index in [1.807, 2.05) is 0 Å². The summed E-state index contributed by atoms with van der Waals surface area (Å²) >= 11 is 0. The fourth-order valence-electron chi connectivity index (χ4n) is 2.49. The normalized spacial score (nSPS) is 16.1. The van der Waals surface area contributed by atoms with E-state index in [4.69, 9.17) is 4.74 Å². The van der Waals surface area contributed by atoms with Crippen molar-refractivity contribution in [2.75, 3.05) is 20.2 Å². The summed E-state index contributed by atoms with van der Waals surface area (Å²) in [6.07, 6.45) is 2.02. The first-order chi connectivity index (χ1) is 10.0.